The summed E-state index contributed by atoms with van der Waals surface area (Å²) >= 11 is 0. The fourth-order valence-corrected chi connectivity index (χ4v) is 4.25. The largest absolute Gasteiger partial charge is 0.369 e. The van der Waals surface area contributed by atoms with Crippen molar-refractivity contribution in [2.24, 2.45) is 0 Å². The number of benzene rings is 2. The topological polar surface area (TPSA) is 26.8 Å². The monoisotopic (exact) mass is 363 g/mol. The van der Waals surface area contributed by atoms with Crippen molar-refractivity contribution < 1.29 is 4.79 Å². The maximum absolute atomic E-state index is 12.4. The van der Waals surface area contributed by atoms with Crippen molar-refractivity contribution in [3.05, 3.63) is 59.7 Å². The van der Waals surface area contributed by atoms with Crippen LogP contribution in [0.4, 0.5) is 11.4 Å². The summed E-state index contributed by atoms with van der Waals surface area (Å²) in [6, 6.07) is 17.1. The summed E-state index contributed by atoms with van der Waals surface area (Å²) in [5, 5.41) is 0. The van der Waals surface area contributed by atoms with Crippen LogP contribution in [0.15, 0.2) is 48.5 Å². The standard InChI is InChI=1S/C23H29N3O/c1-19-6-4-8-21(18-19)25-16-14-24(15-17-25)12-5-13-26-22-9-3-2-7-20(22)10-11-23(26)27/h2-4,6-9,18H,5,10-17H2,1H3. The molecule has 0 aliphatic carbocycles. The molecule has 4 nitrogen and oxygen atoms in total. The molecule has 2 aromatic carbocycles. The molecule has 4 rings (SSSR count). The molecule has 2 aliphatic rings. The van der Waals surface area contributed by atoms with Crippen LogP contribution in [0.3, 0.4) is 0 Å². The molecule has 0 N–H and O–H groups in total. The van der Waals surface area contributed by atoms with E-state index in [1.807, 2.05) is 11.0 Å². The minimum atomic E-state index is 0.276. The number of carbonyl (C=O) groups is 1. The number of nitrogens with zero attached hydrogens (tertiary/aromatic N) is 3. The molecule has 1 fully saturated rings. The normalized spacial score (nSPS) is 17.9. The predicted octanol–water partition coefficient (Wildman–Crippen LogP) is 3.49. The molecule has 27 heavy (non-hydrogen) atoms. The molecule has 0 saturated carbocycles. The highest BCUT2D eigenvalue weighted by molar-refractivity contribution is 5.96. The molecule has 0 radical (unpaired) electrons. The second-order valence-electron chi connectivity index (χ2n) is 7.70. The minimum absolute atomic E-state index is 0.276. The van der Waals surface area contributed by atoms with E-state index in [1.165, 1.54) is 16.8 Å². The lowest BCUT2D eigenvalue weighted by atomic mass is 10.0. The highest BCUT2D eigenvalue weighted by Crippen LogP contribution is 2.27. The van der Waals surface area contributed by atoms with Crippen LogP contribution < -0.4 is 9.80 Å². The van der Waals surface area contributed by atoms with Crippen LogP contribution in [0, 0.1) is 6.92 Å². The number of aryl methyl sites for hydroxylation is 2. The second-order valence-corrected chi connectivity index (χ2v) is 7.70. The van der Waals surface area contributed by atoms with Crippen molar-refractivity contribution in [3.8, 4) is 0 Å². The number of carbonyl (C=O) groups excluding carboxylic acids is 1. The van der Waals surface area contributed by atoms with Crippen molar-refractivity contribution in [2.45, 2.75) is 26.2 Å². The number of anilines is 2. The van der Waals surface area contributed by atoms with Gasteiger partial charge in [-0.2, -0.15) is 0 Å². The first-order valence-electron chi connectivity index (χ1n) is 10.1. The highest BCUT2D eigenvalue weighted by atomic mass is 16.2. The first-order valence-corrected chi connectivity index (χ1v) is 10.1. The Bertz CT molecular complexity index is 796. The lowest BCUT2D eigenvalue weighted by Crippen LogP contribution is -2.47. The van der Waals surface area contributed by atoms with Gasteiger partial charge in [-0.05, 0) is 55.6 Å². The summed E-state index contributed by atoms with van der Waals surface area (Å²) < 4.78 is 0. The Balaban J connectivity index is 1.27. The Morgan fingerprint density at radius 1 is 0.889 bits per heavy atom. The quantitative estimate of drug-likeness (QED) is 0.814. The maximum Gasteiger partial charge on any atom is 0.227 e. The van der Waals surface area contributed by atoms with Gasteiger partial charge in [0, 0.05) is 50.5 Å². The van der Waals surface area contributed by atoms with E-state index in [9.17, 15) is 4.79 Å². The molecule has 0 unspecified atom stereocenters. The molecule has 0 bridgehead atoms. The molecule has 0 spiro atoms. The van der Waals surface area contributed by atoms with Gasteiger partial charge in [0.15, 0.2) is 0 Å². The Morgan fingerprint density at radius 2 is 1.70 bits per heavy atom. The van der Waals surface area contributed by atoms with Crippen LogP contribution in [0.5, 0.6) is 0 Å². The smallest absolute Gasteiger partial charge is 0.227 e. The number of hydrogen-bond donors (Lipinski definition) is 0. The fourth-order valence-electron chi connectivity index (χ4n) is 4.25. The zero-order valence-electron chi connectivity index (χ0n) is 16.2. The van der Waals surface area contributed by atoms with Crippen LogP contribution in [-0.2, 0) is 11.2 Å². The molecule has 0 aromatic heterocycles. The van der Waals surface area contributed by atoms with E-state index in [2.05, 4.69) is 59.2 Å². The number of hydrogen-bond acceptors (Lipinski definition) is 3. The molecule has 1 amide bonds. The van der Waals surface area contributed by atoms with Crippen molar-refractivity contribution in [1.29, 1.82) is 0 Å². The minimum Gasteiger partial charge on any atom is -0.369 e. The third-order valence-electron chi connectivity index (χ3n) is 5.79. The van der Waals surface area contributed by atoms with E-state index >= 15 is 0 Å². The predicted molar refractivity (Wildman–Crippen MR) is 112 cm³/mol. The van der Waals surface area contributed by atoms with E-state index in [0.29, 0.717) is 6.42 Å². The SMILES string of the molecule is Cc1cccc(N2CCN(CCCN3C(=O)CCc4ccccc43)CC2)c1. The Hall–Kier alpha value is -2.33. The van der Waals surface area contributed by atoms with Gasteiger partial charge in [0.1, 0.15) is 0 Å². The van der Waals surface area contributed by atoms with E-state index in [4.69, 9.17) is 0 Å². The van der Waals surface area contributed by atoms with E-state index in [-0.39, 0.29) is 5.91 Å². The van der Waals surface area contributed by atoms with E-state index in [0.717, 1.165) is 57.8 Å². The third kappa shape index (κ3) is 4.16. The summed E-state index contributed by atoms with van der Waals surface area (Å²) in [7, 11) is 0. The molecular weight excluding hydrogens is 334 g/mol. The second kappa shape index (κ2) is 8.13. The number of piperazine rings is 1. The van der Waals surface area contributed by atoms with Gasteiger partial charge in [0.2, 0.25) is 5.91 Å². The fraction of sp³-hybridized carbons (Fsp3) is 0.435. The van der Waals surface area contributed by atoms with Gasteiger partial charge >= 0.3 is 0 Å². The van der Waals surface area contributed by atoms with Crippen LogP contribution in [0.25, 0.3) is 0 Å². The molecule has 2 heterocycles. The number of rotatable bonds is 5. The number of amides is 1. The Kier molecular flexibility index (Phi) is 5.44. The van der Waals surface area contributed by atoms with Gasteiger partial charge < -0.3 is 9.80 Å². The summed E-state index contributed by atoms with van der Waals surface area (Å²) in [4.78, 5) is 19.4. The summed E-state index contributed by atoms with van der Waals surface area (Å²) in [6.45, 7) is 8.39. The lowest BCUT2D eigenvalue weighted by molar-refractivity contribution is -0.118. The van der Waals surface area contributed by atoms with Gasteiger partial charge in [-0.1, -0.05) is 30.3 Å². The molecule has 2 aromatic rings. The first kappa shape index (κ1) is 18.1. The zero-order valence-corrected chi connectivity index (χ0v) is 16.2. The summed E-state index contributed by atoms with van der Waals surface area (Å²) in [5.74, 6) is 0.276. The van der Waals surface area contributed by atoms with Crippen LogP contribution >= 0.6 is 0 Å². The van der Waals surface area contributed by atoms with Gasteiger partial charge in [0.05, 0.1) is 0 Å². The van der Waals surface area contributed by atoms with Gasteiger partial charge in [-0.25, -0.2) is 0 Å². The van der Waals surface area contributed by atoms with Gasteiger partial charge in [-0.3, -0.25) is 9.69 Å². The number of fused-ring (bicyclic) bond motifs is 1. The average molecular weight is 364 g/mol. The zero-order chi connectivity index (χ0) is 18.6. The third-order valence-corrected chi connectivity index (χ3v) is 5.79. The molecule has 2 aliphatic heterocycles. The molecular formula is C23H29N3O. The van der Waals surface area contributed by atoms with Gasteiger partial charge in [-0.15, -0.1) is 0 Å². The van der Waals surface area contributed by atoms with Crippen molar-refractivity contribution in [3.63, 3.8) is 0 Å². The first-order chi connectivity index (χ1) is 13.2. The molecule has 0 atom stereocenters. The van der Waals surface area contributed by atoms with E-state index < -0.39 is 0 Å². The van der Waals surface area contributed by atoms with Crippen molar-refractivity contribution in [2.75, 3.05) is 49.1 Å². The average Bonchev–Trinajstić information content (AvgIpc) is 2.70. The van der Waals surface area contributed by atoms with Crippen molar-refractivity contribution in [1.82, 2.24) is 4.90 Å². The van der Waals surface area contributed by atoms with Crippen LogP contribution in [0.1, 0.15) is 24.0 Å². The molecule has 1 saturated heterocycles. The summed E-state index contributed by atoms with van der Waals surface area (Å²) in [5.41, 5.74) is 5.09. The van der Waals surface area contributed by atoms with Gasteiger partial charge in [0.25, 0.3) is 0 Å². The highest BCUT2D eigenvalue weighted by Gasteiger charge is 2.24. The van der Waals surface area contributed by atoms with E-state index in [1.54, 1.807) is 0 Å². The number of para-hydroxylation sites is 1. The molecule has 4 heteroatoms. The summed E-state index contributed by atoms with van der Waals surface area (Å²) in [6.07, 6.45) is 2.56. The van der Waals surface area contributed by atoms with Crippen LogP contribution in [0.2, 0.25) is 0 Å². The Morgan fingerprint density at radius 3 is 2.52 bits per heavy atom. The molecule has 142 valence electrons. The van der Waals surface area contributed by atoms with Crippen molar-refractivity contribution >= 4 is 17.3 Å². The lowest BCUT2D eigenvalue weighted by Gasteiger charge is -2.37. The van der Waals surface area contributed by atoms with Crippen LogP contribution in [-0.4, -0.2) is 50.1 Å². The maximum atomic E-state index is 12.4. The Labute approximate surface area is 162 Å².